The van der Waals surface area contributed by atoms with Crippen molar-refractivity contribution in [1.29, 1.82) is 0 Å². The number of aryl methyl sites for hydroxylation is 1. The Bertz CT molecular complexity index is 1320. The average molecular weight is 567 g/mol. The van der Waals surface area contributed by atoms with Crippen LogP contribution in [0.2, 0.25) is 5.02 Å². The molecule has 1 aromatic carbocycles. The molecule has 1 spiro atoms. The minimum absolute atomic E-state index is 0.125. The van der Waals surface area contributed by atoms with Crippen LogP contribution in [0.5, 0.6) is 0 Å². The van der Waals surface area contributed by atoms with E-state index in [0.29, 0.717) is 42.8 Å². The van der Waals surface area contributed by atoms with Crippen LogP contribution >= 0.6 is 11.6 Å². The fraction of sp³-hybridized carbons (Fsp3) is 0.593. The van der Waals surface area contributed by atoms with E-state index < -0.39 is 35.3 Å². The van der Waals surface area contributed by atoms with E-state index in [2.05, 4.69) is 10.3 Å². The van der Waals surface area contributed by atoms with Crippen molar-refractivity contribution in [2.45, 2.75) is 62.1 Å². The van der Waals surface area contributed by atoms with Gasteiger partial charge in [-0.3, -0.25) is 9.59 Å². The summed E-state index contributed by atoms with van der Waals surface area (Å²) in [7, 11) is 1.67. The molecular formula is C27H30ClF3N4O4. The Kier molecular flexibility index (Phi) is 6.09. The highest BCUT2D eigenvalue weighted by molar-refractivity contribution is 6.31. The van der Waals surface area contributed by atoms with Gasteiger partial charge in [-0.1, -0.05) is 11.6 Å². The molecule has 1 saturated heterocycles. The van der Waals surface area contributed by atoms with Gasteiger partial charge >= 0.3 is 5.92 Å². The number of hydrogen-bond acceptors (Lipinski definition) is 5. The van der Waals surface area contributed by atoms with Gasteiger partial charge in [0.15, 0.2) is 0 Å². The number of likely N-dealkylation sites (tertiary alicyclic amines) is 1. The zero-order valence-corrected chi connectivity index (χ0v) is 22.1. The summed E-state index contributed by atoms with van der Waals surface area (Å²) in [6.07, 6.45) is 2.64. The zero-order chi connectivity index (χ0) is 27.9. The number of hydrogen-bond donors (Lipinski definition) is 3. The number of benzene rings is 1. The maximum Gasteiger partial charge on any atom is 0.352 e. The summed E-state index contributed by atoms with van der Waals surface area (Å²) in [5.74, 6) is -6.94. The molecule has 3 aliphatic carbocycles. The smallest absolute Gasteiger partial charge is 0.352 e. The maximum atomic E-state index is 15.4. The van der Waals surface area contributed by atoms with Crippen LogP contribution in [0.4, 0.5) is 18.9 Å². The van der Waals surface area contributed by atoms with Gasteiger partial charge in [0.05, 0.1) is 23.1 Å². The number of aliphatic hydroxyl groups is 2. The molecule has 4 fully saturated rings. The first-order valence-electron chi connectivity index (χ1n) is 13.2. The number of aromatic nitrogens is 2. The predicted octanol–water partition coefficient (Wildman–Crippen LogP) is 3.72. The van der Waals surface area contributed by atoms with Gasteiger partial charge in [0, 0.05) is 37.2 Å². The molecule has 2 heterocycles. The number of alkyl halides is 2. The van der Waals surface area contributed by atoms with E-state index in [4.69, 9.17) is 11.6 Å². The third kappa shape index (κ3) is 4.24. The first-order valence-corrected chi connectivity index (χ1v) is 13.5. The SMILES string of the molecule is Cn1cnc(C2CC3CC(O)(C(F)(F)C(=O)N4CC5(CC(O)C5)C4)CC3C2)c1C(=O)Nc1ccc(F)c(Cl)c1. The van der Waals surface area contributed by atoms with E-state index >= 15 is 8.78 Å². The van der Waals surface area contributed by atoms with Crippen molar-refractivity contribution in [3.05, 3.63) is 46.8 Å². The molecule has 2 amide bonds. The lowest BCUT2D eigenvalue weighted by molar-refractivity contribution is -0.218. The molecule has 4 aliphatic rings. The van der Waals surface area contributed by atoms with Gasteiger partial charge in [0.2, 0.25) is 0 Å². The summed E-state index contributed by atoms with van der Waals surface area (Å²) in [5.41, 5.74) is -1.50. The summed E-state index contributed by atoms with van der Waals surface area (Å²) >= 11 is 5.82. The van der Waals surface area contributed by atoms with Crippen molar-refractivity contribution < 1.29 is 33.0 Å². The molecule has 3 N–H and O–H groups in total. The number of nitrogens with zero attached hydrogens (tertiary/aromatic N) is 3. The Balaban J connectivity index is 1.12. The lowest BCUT2D eigenvalue weighted by Crippen LogP contribution is -2.69. The maximum absolute atomic E-state index is 15.4. The third-order valence-corrected chi connectivity index (χ3v) is 9.61. The lowest BCUT2D eigenvalue weighted by Gasteiger charge is -2.58. The van der Waals surface area contributed by atoms with Crippen molar-refractivity contribution in [3.63, 3.8) is 0 Å². The van der Waals surface area contributed by atoms with Gasteiger partial charge < -0.3 is 25.0 Å². The van der Waals surface area contributed by atoms with Crippen LogP contribution in [0.25, 0.3) is 0 Å². The first kappa shape index (κ1) is 26.6. The van der Waals surface area contributed by atoms with Crippen LogP contribution in [0, 0.1) is 23.1 Å². The van der Waals surface area contributed by atoms with Gasteiger partial charge in [0.25, 0.3) is 11.8 Å². The number of nitrogens with one attached hydrogen (secondary N) is 1. The molecule has 210 valence electrons. The van der Waals surface area contributed by atoms with E-state index in [9.17, 15) is 24.2 Å². The number of halogens is 4. The number of amides is 2. The van der Waals surface area contributed by atoms with E-state index in [0.717, 1.165) is 11.0 Å². The largest absolute Gasteiger partial charge is 0.393 e. The fourth-order valence-corrected chi connectivity index (χ4v) is 7.61. The Morgan fingerprint density at radius 3 is 2.38 bits per heavy atom. The van der Waals surface area contributed by atoms with Crippen LogP contribution in [0.15, 0.2) is 24.5 Å². The topological polar surface area (TPSA) is 108 Å². The van der Waals surface area contributed by atoms with Crippen molar-refractivity contribution in [2.75, 3.05) is 18.4 Å². The lowest BCUT2D eigenvalue weighted by atomic mass is 9.61. The Morgan fingerprint density at radius 1 is 1.15 bits per heavy atom. The third-order valence-electron chi connectivity index (χ3n) is 9.32. The van der Waals surface area contributed by atoms with Crippen LogP contribution in [0.1, 0.15) is 60.6 Å². The predicted molar refractivity (Wildman–Crippen MR) is 135 cm³/mol. The second kappa shape index (κ2) is 8.94. The van der Waals surface area contributed by atoms with E-state index in [-0.39, 0.29) is 54.1 Å². The molecule has 3 saturated carbocycles. The summed E-state index contributed by atoms with van der Waals surface area (Å²) < 4.78 is 45.9. The molecule has 2 aromatic rings. The molecule has 39 heavy (non-hydrogen) atoms. The molecule has 8 nitrogen and oxygen atoms in total. The molecular weight excluding hydrogens is 537 g/mol. The minimum Gasteiger partial charge on any atom is -0.393 e. The van der Waals surface area contributed by atoms with Crippen molar-refractivity contribution >= 4 is 29.1 Å². The fourth-order valence-electron chi connectivity index (χ4n) is 7.43. The zero-order valence-electron chi connectivity index (χ0n) is 21.3. The van der Waals surface area contributed by atoms with E-state index in [1.165, 1.54) is 18.5 Å². The van der Waals surface area contributed by atoms with Gasteiger partial charge in [-0.05, 0) is 68.6 Å². The quantitative estimate of drug-likeness (QED) is 0.511. The molecule has 2 atom stereocenters. The van der Waals surface area contributed by atoms with Gasteiger partial charge in [-0.15, -0.1) is 0 Å². The number of fused-ring (bicyclic) bond motifs is 1. The Morgan fingerprint density at radius 2 is 1.79 bits per heavy atom. The normalized spacial score (nSPS) is 29.7. The number of carbonyl (C=O) groups excluding carboxylic acids is 2. The van der Waals surface area contributed by atoms with Crippen LogP contribution in [-0.4, -0.2) is 67.2 Å². The van der Waals surface area contributed by atoms with Gasteiger partial charge in [0.1, 0.15) is 17.1 Å². The van der Waals surface area contributed by atoms with Crippen LogP contribution in [-0.2, 0) is 11.8 Å². The second-order valence-corrected chi connectivity index (χ2v) is 12.5. The number of imidazole rings is 1. The molecule has 0 radical (unpaired) electrons. The summed E-state index contributed by atoms with van der Waals surface area (Å²) in [6, 6.07) is 3.86. The molecule has 1 aliphatic heterocycles. The Labute approximate surface area is 228 Å². The first-order chi connectivity index (χ1) is 18.3. The molecule has 0 bridgehead atoms. The molecule has 1 aromatic heterocycles. The monoisotopic (exact) mass is 566 g/mol. The van der Waals surface area contributed by atoms with Gasteiger partial charge in [-0.2, -0.15) is 8.78 Å². The summed E-state index contributed by atoms with van der Waals surface area (Å²) in [4.78, 5) is 31.4. The van der Waals surface area contributed by atoms with Crippen LogP contribution < -0.4 is 5.32 Å². The van der Waals surface area contributed by atoms with Gasteiger partial charge in [-0.25, -0.2) is 9.37 Å². The Hall–Kier alpha value is -2.63. The van der Waals surface area contributed by atoms with E-state index in [1.807, 2.05) is 0 Å². The van der Waals surface area contributed by atoms with Crippen molar-refractivity contribution in [1.82, 2.24) is 14.5 Å². The second-order valence-electron chi connectivity index (χ2n) is 12.1. The minimum atomic E-state index is -3.90. The highest BCUT2D eigenvalue weighted by Crippen LogP contribution is 2.58. The number of carbonyl (C=O) groups is 2. The molecule has 2 unspecified atom stereocenters. The number of anilines is 1. The highest BCUT2D eigenvalue weighted by Gasteiger charge is 2.67. The summed E-state index contributed by atoms with van der Waals surface area (Å²) in [6.45, 7) is 0.385. The number of aliphatic hydroxyl groups excluding tert-OH is 1. The van der Waals surface area contributed by atoms with Crippen molar-refractivity contribution in [2.24, 2.45) is 24.3 Å². The standard InChI is InChI=1S/C27H30ClF3N4O4/c1-34-13-32-21(22(34)23(37)33-17-2-3-20(29)19(28)6-17)14-4-15-7-26(39,8-16(15)5-14)27(30,31)24(38)35-11-25(12-35)9-18(36)10-25/h2-3,6,13-16,18,36,39H,4-5,7-12H2,1H3,(H,33,37). The highest BCUT2D eigenvalue weighted by atomic mass is 35.5. The van der Waals surface area contributed by atoms with E-state index in [1.54, 1.807) is 11.6 Å². The molecule has 6 rings (SSSR count). The number of rotatable bonds is 5. The summed E-state index contributed by atoms with van der Waals surface area (Å²) in [5, 5.41) is 23.2. The molecule has 12 heteroatoms. The average Bonchev–Trinajstić information content (AvgIpc) is 3.48. The van der Waals surface area contributed by atoms with Crippen molar-refractivity contribution in [3.8, 4) is 0 Å². The van der Waals surface area contributed by atoms with Crippen LogP contribution in [0.3, 0.4) is 0 Å².